The lowest BCUT2D eigenvalue weighted by molar-refractivity contribution is -0.630. The van der Waals surface area contributed by atoms with Crippen LogP contribution in [0.3, 0.4) is 0 Å². The largest absolute Gasteiger partial charge is 0.257 e. The van der Waals surface area contributed by atoms with Crippen LogP contribution in [0.25, 0.3) is 0 Å². The number of hydrazine groups is 1. The van der Waals surface area contributed by atoms with Gasteiger partial charge in [0.05, 0.1) is 6.20 Å². The first-order valence-corrected chi connectivity index (χ1v) is 2.26. The van der Waals surface area contributed by atoms with Gasteiger partial charge in [0.15, 0.2) is 5.03 Å². The van der Waals surface area contributed by atoms with Gasteiger partial charge in [-0.3, -0.25) is 4.99 Å². The van der Waals surface area contributed by atoms with E-state index in [1.807, 2.05) is 0 Å². The second-order valence-electron chi connectivity index (χ2n) is 1.37. The summed E-state index contributed by atoms with van der Waals surface area (Å²) in [6.07, 6.45) is 4.27. The minimum Gasteiger partial charge on any atom is -0.257 e. The average Bonchev–Trinajstić information content (AvgIpc) is 1.90. The van der Waals surface area contributed by atoms with Crippen molar-refractivity contribution in [1.82, 2.24) is 5.01 Å². The number of allylic oxidation sites excluding steroid dienone is 1. The normalized spacial score (nSPS) is 16.2. The zero-order valence-corrected chi connectivity index (χ0v) is 4.47. The van der Waals surface area contributed by atoms with E-state index in [2.05, 4.69) is 4.99 Å². The molecule has 0 bridgehead atoms. The maximum atomic E-state index is 9.93. The number of nitro groups is 1. The Labute approximate surface area is 51.4 Å². The number of nitrogens with zero attached hydrogens (tertiary/aromatic N) is 3. The lowest BCUT2D eigenvalue weighted by Gasteiger charge is -2.05. The van der Waals surface area contributed by atoms with Crippen LogP contribution in [0, 0.1) is 16.8 Å². The third-order valence-electron chi connectivity index (χ3n) is 0.784. The van der Waals surface area contributed by atoms with Gasteiger partial charge >= 0.3 is 0 Å². The number of rotatable bonds is 1. The Morgan fingerprint density at radius 1 is 1.67 bits per heavy atom. The van der Waals surface area contributed by atoms with Crippen LogP contribution in [0.5, 0.6) is 0 Å². The molecular weight excluding hydrogens is 122 g/mol. The summed E-state index contributed by atoms with van der Waals surface area (Å²) in [6.45, 7) is 1.12. The van der Waals surface area contributed by atoms with Gasteiger partial charge in [-0.2, -0.15) is 0 Å². The summed E-state index contributed by atoms with van der Waals surface area (Å²) in [4.78, 5) is 13.5. The molecule has 1 aliphatic rings. The monoisotopic (exact) mass is 126 g/mol. The van der Waals surface area contributed by atoms with Gasteiger partial charge in [-0.05, 0) is 6.08 Å². The predicted octanol–water partition coefficient (Wildman–Crippen LogP) is 0.197. The lowest BCUT2D eigenvalue weighted by Crippen LogP contribution is -2.21. The molecule has 0 N–H and O–H groups in total. The average molecular weight is 126 g/mol. The van der Waals surface area contributed by atoms with Crippen molar-refractivity contribution in [2.24, 2.45) is 4.99 Å². The van der Waals surface area contributed by atoms with E-state index < -0.39 is 5.03 Å². The van der Waals surface area contributed by atoms with Crippen molar-refractivity contribution in [1.29, 1.82) is 0 Å². The molecule has 0 aromatic rings. The molecule has 1 radical (unpaired) electrons. The molecule has 5 heteroatoms. The molecule has 0 aromatic heterocycles. The topological polar surface area (TPSA) is 58.7 Å². The smallest absolute Gasteiger partial charge is 0.229 e. The molecule has 0 fully saturated rings. The zero-order chi connectivity index (χ0) is 6.69. The number of hydrogen-bond donors (Lipinski definition) is 0. The van der Waals surface area contributed by atoms with Gasteiger partial charge < -0.3 is 0 Å². The van der Waals surface area contributed by atoms with Crippen molar-refractivity contribution in [3.63, 3.8) is 0 Å². The van der Waals surface area contributed by atoms with E-state index in [9.17, 15) is 10.1 Å². The highest BCUT2D eigenvalue weighted by atomic mass is 16.7. The van der Waals surface area contributed by atoms with Gasteiger partial charge in [0.25, 0.3) is 0 Å². The molecule has 0 atom stereocenters. The van der Waals surface area contributed by atoms with Crippen LogP contribution in [0.15, 0.2) is 17.3 Å². The Balaban J connectivity index is 2.56. The summed E-state index contributed by atoms with van der Waals surface area (Å²) in [7, 11) is 0. The first-order chi connectivity index (χ1) is 4.30. The van der Waals surface area contributed by atoms with Crippen molar-refractivity contribution in [3.8, 4) is 0 Å². The maximum Gasteiger partial charge on any atom is 0.229 e. The van der Waals surface area contributed by atoms with Crippen LogP contribution in [-0.4, -0.2) is 16.3 Å². The van der Waals surface area contributed by atoms with Crippen LogP contribution in [0.2, 0.25) is 0 Å². The summed E-state index contributed by atoms with van der Waals surface area (Å²) >= 11 is 0. The molecular formula is C4H4N3O2. The molecule has 5 nitrogen and oxygen atoms in total. The van der Waals surface area contributed by atoms with Gasteiger partial charge in [0, 0.05) is 6.21 Å². The summed E-state index contributed by atoms with van der Waals surface area (Å²) in [5.41, 5.74) is 0. The molecule has 47 valence electrons. The van der Waals surface area contributed by atoms with Crippen LogP contribution < -0.4 is 0 Å². The van der Waals surface area contributed by atoms with Gasteiger partial charge in [0.1, 0.15) is 0 Å². The molecule has 0 saturated heterocycles. The number of aliphatic imine (C=N–C) groups is 1. The Bertz CT molecular complexity index is 175. The van der Waals surface area contributed by atoms with Crippen LogP contribution in [0.4, 0.5) is 0 Å². The highest BCUT2D eigenvalue weighted by Crippen LogP contribution is 1.98. The van der Waals surface area contributed by atoms with Gasteiger partial charge in [-0.15, -0.1) is 0 Å². The van der Waals surface area contributed by atoms with Crippen molar-refractivity contribution in [3.05, 3.63) is 29.1 Å². The quantitative estimate of drug-likeness (QED) is 0.372. The fourth-order valence-corrected chi connectivity index (χ4v) is 0.418. The summed E-state index contributed by atoms with van der Waals surface area (Å²) in [5, 5.41) is 10.1. The highest BCUT2D eigenvalue weighted by Gasteiger charge is 2.10. The van der Waals surface area contributed by atoms with Gasteiger partial charge in [-0.25, -0.2) is 10.1 Å². The molecule has 0 aliphatic carbocycles. The van der Waals surface area contributed by atoms with Crippen molar-refractivity contribution in [2.75, 3.05) is 0 Å². The molecule has 0 unspecified atom stereocenters. The summed E-state index contributed by atoms with van der Waals surface area (Å²) < 4.78 is 0. The van der Waals surface area contributed by atoms with Crippen molar-refractivity contribution < 1.29 is 5.03 Å². The second kappa shape index (κ2) is 2.25. The van der Waals surface area contributed by atoms with Gasteiger partial charge in [0.2, 0.25) is 6.67 Å². The van der Waals surface area contributed by atoms with E-state index in [1.165, 1.54) is 18.5 Å². The molecule has 0 saturated carbocycles. The third kappa shape index (κ3) is 1.25. The fraction of sp³-hybridized carbons (Fsp3) is 0. The molecule has 1 rings (SSSR count). The van der Waals surface area contributed by atoms with Crippen molar-refractivity contribution >= 4 is 6.21 Å². The molecule has 0 spiro atoms. The predicted molar refractivity (Wildman–Crippen MR) is 30.8 cm³/mol. The Kier molecular flexibility index (Phi) is 1.44. The van der Waals surface area contributed by atoms with Crippen molar-refractivity contribution in [2.45, 2.75) is 0 Å². The fourth-order valence-electron chi connectivity index (χ4n) is 0.418. The van der Waals surface area contributed by atoms with Crippen LogP contribution in [0.1, 0.15) is 0 Å². The molecule has 0 amide bonds. The van der Waals surface area contributed by atoms with E-state index in [4.69, 9.17) is 0 Å². The van der Waals surface area contributed by atoms with Crippen LogP contribution in [-0.2, 0) is 0 Å². The van der Waals surface area contributed by atoms with Crippen LogP contribution >= 0.6 is 0 Å². The molecule has 0 aromatic carbocycles. The highest BCUT2D eigenvalue weighted by molar-refractivity contribution is 5.71. The first-order valence-electron chi connectivity index (χ1n) is 2.26. The second-order valence-corrected chi connectivity index (χ2v) is 1.37. The number of hydrogen-bond acceptors (Lipinski definition) is 3. The Morgan fingerprint density at radius 3 is 2.78 bits per heavy atom. The third-order valence-corrected chi connectivity index (χ3v) is 0.784. The molecule has 1 aliphatic heterocycles. The van der Waals surface area contributed by atoms with E-state index >= 15 is 0 Å². The maximum absolute atomic E-state index is 9.93. The van der Waals surface area contributed by atoms with E-state index in [-0.39, 0.29) is 0 Å². The van der Waals surface area contributed by atoms with E-state index in [0.29, 0.717) is 0 Å². The SMILES string of the molecule is O=[N+]([O-])N1[CH]N=CC=C1. The van der Waals surface area contributed by atoms with E-state index in [1.54, 1.807) is 0 Å². The summed E-state index contributed by atoms with van der Waals surface area (Å²) in [6, 6.07) is 0. The van der Waals surface area contributed by atoms with E-state index in [0.717, 1.165) is 11.7 Å². The Morgan fingerprint density at radius 2 is 2.44 bits per heavy atom. The first kappa shape index (κ1) is 5.74. The standard InChI is InChI=1S/C4H4N3O2/c8-7(9)6-3-1-2-5-4-6/h1-4H. The molecule has 1 heterocycles. The minimum atomic E-state index is -0.562. The minimum absolute atomic E-state index is 0.562. The van der Waals surface area contributed by atoms with Gasteiger partial charge in [-0.1, -0.05) is 5.01 Å². The summed E-state index contributed by atoms with van der Waals surface area (Å²) in [5.74, 6) is 0. The zero-order valence-electron chi connectivity index (χ0n) is 4.47. The molecule has 9 heavy (non-hydrogen) atoms. The lowest BCUT2D eigenvalue weighted by atomic mass is 10.6. The Hall–Kier alpha value is -1.39.